The zero-order valence-corrected chi connectivity index (χ0v) is 12.1. The van der Waals surface area contributed by atoms with Crippen molar-refractivity contribution in [2.45, 2.75) is 12.5 Å². The van der Waals surface area contributed by atoms with Crippen molar-refractivity contribution in [3.63, 3.8) is 0 Å². The summed E-state index contributed by atoms with van der Waals surface area (Å²) in [5.74, 6) is 0.942. The van der Waals surface area contributed by atoms with Crippen LogP contribution in [-0.2, 0) is 16.0 Å². The molecule has 1 unspecified atom stereocenters. The maximum Gasteiger partial charge on any atom is 0.347 e. The van der Waals surface area contributed by atoms with Gasteiger partial charge in [0, 0.05) is 6.42 Å². The van der Waals surface area contributed by atoms with E-state index in [1.54, 1.807) is 31.4 Å². The number of carbonyl (C=O) groups is 1. The van der Waals surface area contributed by atoms with E-state index in [0.29, 0.717) is 12.2 Å². The number of ether oxygens (including phenoxy) is 3. The molecule has 0 bridgehead atoms. The Balaban J connectivity index is 2.10. The molecule has 21 heavy (non-hydrogen) atoms. The minimum atomic E-state index is -0.675. The molecule has 0 radical (unpaired) electrons. The number of benzene rings is 2. The third-order valence-corrected chi connectivity index (χ3v) is 3.07. The molecule has 0 amide bonds. The van der Waals surface area contributed by atoms with Crippen molar-refractivity contribution in [3.8, 4) is 11.5 Å². The van der Waals surface area contributed by atoms with Crippen LogP contribution in [0.5, 0.6) is 11.5 Å². The largest absolute Gasteiger partial charge is 0.497 e. The Morgan fingerprint density at radius 1 is 0.952 bits per heavy atom. The van der Waals surface area contributed by atoms with E-state index in [-0.39, 0.29) is 0 Å². The first-order valence-electron chi connectivity index (χ1n) is 6.65. The Labute approximate surface area is 124 Å². The molecule has 0 aliphatic carbocycles. The molecular formula is C17H18O4. The molecule has 4 heteroatoms. The summed E-state index contributed by atoms with van der Waals surface area (Å²) in [7, 11) is 2.96. The first kappa shape index (κ1) is 14.9. The normalized spacial score (nSPS) is 11.5. The highest BCUT2D eigenvalue weighted by atomic mass is 16.6. The Hall–Kier alpha value is -2.49. The Morgan fingerprint density at radius 2 is 1.57 bits per heavy atom. The van der Waals surface area contributed by atoms with Crippen LogP contribution in [-0.4, -0.2) is 26.3 Å². The van der Waals surface area contributed by atoms with Gasteiger partial charge in [-0.2, -0.15) is 0 Å². The van der Waals surface area contributed by atoms with Crippen LogP contribution in [0.2, 0.25) is 0 Å². The highest BCUT2D eigenvalue weighted by Crippen LogP contribution is 2.19. The summed E-state index contributed by atoms with van der Waals surface area (Å²) < 4.78 is 15.6. The van der Waals surface area contributed by atoms with E-state index in [1.165, 1.54) is 7.11 Å². The summed E-state index contributed by atoms with van der Waals surface area (Å²) in [5.41, 5.74) is 1.02. The van der Waals surface area contributed by atoms with Gasteiger partial charge in [0.05, 0.1) is 14.2 Å². The molecule has 0 aromatic heterocycles. The third-order valence-electron chi connectivity index (χ3n) is 3.07. The summed E-state index contributed by atoms with van der Waals surface area (Å²) in [6.45, 7) is 0. The number of carbonyl (C=O) groups excluding carboxylic acids is 1. The highest BCUT2D eigenvalue weighted by molar-refractivity contribution is 5.75. The predicted molar refractivity (Wildman–Crippen MR) is 79.6 cm³/mol. The Morgan fingerprint density at radius 3 is 2.14 bits per heavy atom. The minimum Gasteiger partial charge on any atom is -0.497 e. The maximum absolute atomic E-state index is 11.9. The lowest BCUT2D eigenvalue weighted by atomic mass is 10.1. The Kier molecular flexibility index (Phi) is 5.21. The van der Waals surface area contributed by atoms with Crippen molar-refractivity contribution < 1.29 is 19.0 Å². The first-order valence-corrected chi connectivity index (χ1v) is 6.65. The van der Waals surface area contributed by atoms with E-state index in [4.69, 9.17) is 14.2 Å². The highest BCUT2D eigenvalue weighted by Gasteiger charge is 2.21. The van der Waals surface area contributed by atoms with Gasteiger partial charge in [-0.15, -0.1) is 0 Å². The first-order chi connectivity index (χ1) is 10.2. The maximum atomic E-state index is 11.9. The topological polar surface area (TPSA) is 44.8 Å². The van der Waals surface area contributed by atoms with E-state index in [9.17, 15) is 4.79 Å². The van der Waals surface area contributed by atoms with Crippen LogP contribution >= 0.6 is 0 Å². The van der Waals surface area contributed by atoms with Gasteiger partial charge in [-0.25, -0.2) is 4.79 Å². The molecule has 4 nitrogen and oxygen atoms in total. The van der Waals surface area contributed by atoms with Crippen LogP contribution in [0.1, 0.15) is 5.56 Å². The molecule has 2 aromatic carbocycles. The summed E-state index contributed by atoms with van der Waals surface area (Å²) in [5, 5.41) is 0. The number of hydrogen-bond acceptors (Lipinski definition) is 4. The lowest BCUT2D eigenvalue weighted by molar-refractivity contribution is -0.148. The standard InChI is InChI=1S/C17H18O4/c1-19-14-8-10-15(11-9-14)21-16(17(18)20-2)12-13-6-4-3-5-7-13/h3-11,16H,12H2,1-2H3. The third kappa shape index (κ3) is 4.24. The second-order valence-electron chi connectivity index (χ2n) is 4.49. The van der Waals surface area contributed by atoms with E-state index in [0.717, 1.165) is 11.3 Å². The van der Waals surface area contributed by atoms with Gasteiger partial charge in [0.2, 0.25) is 0 Å². The fourth-order valence-corrected chi connectivity index (χ4v) is 1.95. The van der Waals surface area contributed by atoms with Gasteiger partial charge >= 0.3 is 5.97 Å². The molecule has 0 aliphatic heterocycles. The van der Waals surface area contributed by atoms with Crippen LogP contribution in [0, 0.1) is 0 Å². The van der Waals surface area contributed by atoms with Crippen LogP contribution < -0.4 is 9.47 Å². The van der Waals surface area contributed by atoms with E-state index in [2.05, 4.69) is 0 Å². The second-order valence-corrected chi connectivity index (χ2v) is 4.49. The number of hydrogen-bond donors (Lipinski definition) is 0. The fraction of sp³-hybridized carbons (Fsp3) is 0.235. The van der Waals surface area contributed by atoms with Crippen molar-refractivity contribution in [2.75, 3.05) is 14.2 Å². The van der Waals surface area contributed by atoms with Crippen LogP contribution in [0.25, 0.3) is 0 Å². The molecule has 110 valence electrons. The summed E-state index contributed by atoms with van der Waals surface area (Å²) in [6.07, 6.45) is -0.217. The van der Waals surface area contributed by atoms with Crippen molar-refractivity contribution in [2.24, 2.45) is 0 Å². The molecule has 0 saturated heterocycles. The molecule has 0 spiro atoms. The quantitative estimate of drug-likeness (QED) is 0.766. The zero-order chi connectivity index (χ0) is 15.1. The van der Waals surface area contributed by atoms with Gasteiger partial charge < -0.3 is 14.2 Å². The lowest BCUT2D eigenvalue weighted by Crippen LogP contribution is -2.30. The fourth-order valence-electron chi connectivity index (χ4n) is 1.95. The SMILES string of the molecule is COC(=O)C(Cc1ccccc1)Oc1ccc(OC)cc1. The summed E-state index contributed by atoms with van der Waals surface area (Å²) in [4.78, 5) is 11.9. The van der Waals surface area contributed by atoms with Crippen LogP contribution in [0.3, 0.4) is 0 Å². The van der Waals surface area contributed by atoms with Crippen molar-refractivity contribution in [1.82, 2.24) is 0 Å². The monoisotopic (exact) mass is 286 g/mol. The molecule has 0 N–H and O–H groups in total. The minimum absolute atomic E-state index is 0.394. The molecule has 0 heterocycles. The van der Waals surface area contributed by atoms with Gasteiger partial charge in [-0.1, -0.05) is 30.3 Å². The number of methoxy groups -OCH3 is 2. The van der Waals surface area contributed by atoms with Gasteiger partial charge in [-0.3, -0.25) is 0 Å². The number of esters is 1. The molecule has 2 aromatic rings. The van der Waals surface area contributed by atoms with Gasteiger partial charge in [-0.05, 0) is 29.8 Å². The number of rotatable bonds is 6. The van der Waals surface area contributed by atoms with Crippen molar-refractivity contribution >= 4 is 5.97 Å². The van der Waals surface area contributed by atoms with Crippen LogP contribution in [0.15, 0.2) is 54.6 Å². The Bertz CT molecular complexity index is 563. The average Bonchev–Trinajstić information content (AvgIpc) is 2.55. The molecule has 2 rings (SSSR count). The van der Waals surface area contributed by atoms with Gasteiger partial charge in [0.25, 0.3) is 0 Å². The molecular weight excluding hydrogens is 268 g/mol. The smallest absolute Gasteiger partial charge is 0.347 e. The predicted octanol–water partition coefficient (Wildman–Crippen LogP) is 2.86. The van der Waals surface area contributed by atoms with Gasteiger partial charge in [0.15, 0.2) is 6.10 Å². The van der Waals surface area contributed by atoms with Crippen LogP contribution in [0.4, 0.5) is 0 Å². The van der Waals surface area contributed by atoms with E-state index in [1.807, 2.05) is 30.3 Å². The van der Waals surface area contributed by atoms with Crippen molar-refractivity contribution in [1.29, 1.82) is 0 Å². The van der Waals surface area contributed by atoms with E-state index < -0.39 is 12.1 Å². The molecule has 0 saturated carbocycles. The summed E-state index contributed by atoms with van der Waals surface area (Å²) in [6, 6.07) is 16.8. The summed E-state index contributed by atoms with van der Waals surface area (Å²) >= 11 is 0. The lowest BCUT2D eigenvalue weighted by Gasteiger charge is -2.17. The van der Waals surface area contributed by atoms with Gasteiger partial charge in [0.1, 0.15) is 11.5 Å². The second kappa shape index (κ2) is 7.33. The zero-order valence-electron chi connectivity index (χ0n) is 12.1. The molecule has 0 aliphatic rings. The molecule has 1 atom stereocenters. The van der Waals surface area contributed by atoms with E-state index >= 15 is 0 Å². The molecule has 0 fully saturated rings. The van der Waals surface area contributed by atoms with Crippen molar-refractivity contribution in [3.05, 3.63) is 60.2 Å². The average molecular weight is 286 g/mol.